The SMILES string of the molecule is CC(C)(C)c1ccc2c(c1)N(c1ccccc1)c1cc(C(C)(C)C)cc3c1B2c1ccc(C(C)(C)C)c2c1N3CC2. The number of para-hydroxylation sites is 1. The number of hydrogen-bond donors (Lipinski definition) is 0. The summed E-state index contributed by atoms with van der Waals surface area (Å²) in [5, 5.41) is 0. The molecule has 0 spiro atoms. The van der Waals surface area contributed by atoms with Crippen LogP contribution >= 0.6 is 0 Å². The number of benzene rings is 4. The van der Waals surface area contributed by atoms with E-state index >= 15 is 0 Å². The van der Waals surface area contributed by atoms with Crippen LogP contribution in [0.4, 0.5) is 28.4 Å². The van der Waals surface area contributed by atoms with E-state index in [2.05, 4.69) is 145 Å². The van der Waals surface area contributed by atoms with Crippen molar-refractivity contribution in [2.75, 3.05) is 16.3 Å². The predicted octanol–water partition coefficient (Wildman–Crippen LogP) is 7.89. The maximum Gasteiger partial charge on any atom is 0.252 e. The lowest BCUT2D eigenvalue weighted by Gasteiger charge is -2.44. The topological polar surface area (TPSA) is 6.48 Å². The average molecular weight is 539 g/mol. The van der Waals surface area contributed by atoms with Crippen molar-refractivity contribution in [3.05, 3.63) is 95.1 Å². The van der Waals surface area contributed by atoms with Crippen LogP contribution in [0.1, 0.15) is 84.6 Å². The lowest BCUT2D eigenvalue weighted by atomic mass is 9.33. The minimum absolute atomic E-state index is 0.0347. The fourth-order valence-electron chi connectivity index (χ4n) is 7.41. The van der Waals surface area contributed by atoms with Gasteiger partial charge in [0, 0.05) is 35.0 Å². The predicted molar refractivity (Wildman–Crippen MR) is 179 cm³/mol. The van der Waals surface area contributed by atoms with E-state index < -0.39 is 0 Å². The van der Waals surface area contributed by atoms with E-state index in [1.54, 1.807) is 5.56 Å². The second-order valence-corrected chi connectivity index (χ2v) is 15.5. The quantitative estimate of drug-likeness (QED) is 0.200. The van der Waals surface area contributed by atoms with E-state index in [4.69, 9.17) is 0 Å². The molecule has 0 amide bonds. The van der Waals surface area contributed by atoms with Crippen LogP contribution in [0.2, 0.25) is 0 Å². The number of nitrogens with zero attached hydrogens (tertiary/aromatic N) is 2. The van der Waals surface area contributed by atoms with E-state index in [0.717, 1.165) is 13.0 Å². The van der Waals surface area contributed by atoms with Gasteiger partial charge in [-0.15, -0.1) is 0 Å². The number of rotatable bonds is 1. The summed E-state index contributed by atoms with van der Waals surface area (Å²) in [4.78, 5) is 5.23. The zero-order valence-electron chi connectivity index (χ0n) is 26.3. The molecule has 0 aromatic heterocycles. The molecule has 3 heteroatoms. The van der Waals surface area contributed by atoms with Crippen molar-refractivity contribution in [3.63, 3.8) is 0 Å². The molecule has 2 nitrogen and oxygen atoms in total. The van der Waals surface area contributed by atoms with Gasteiger partial charge in [-0.05, 0) is 91.6 Å². The number of anilines is 5. The van der Waals surface area contributed by atoms with E-state index in [0.29, 0.717) is 0 Å². The van der Waals surface area contributed by atoms with Gasteiger partial charge in [0.15, 0.2) is 0 Å². The highest BCUT2D eigenvalue weighted by Gasteiger charge is 2.46. The Balaban J connectivity index is 1.61. The third kappa shape index (κ3) is 3.91. The third-order valence-corrected chi connectivity index (χ3v) is 9.57. The lowest BCUT2D eigenvalue weighted by molar-refractivity contribution is 0.585. The highest BCUT2D eigenvalue weighted by Crippen LogP contribution is 2.47. The van der Waals surface area contributed by atoms with Crippen LogP contribution < -0.4 is 26.2 Å². The van der Waals surface area contributed by atoms with Crippen molar-refractivity contribution in [1.29, 1.82) is 0 Å². The number of hydrogen-bond acceptors (Lipinski definition) is 2. The summed E-state index contributed by atoms with van der Waals surface area (Å²) in [5.74, 6) is 0. The molecule has 7 rings (SSSR count). The maximum atomic E-state index is 2.67. The summed E-state index contributed by atoms with van der Waals surface area (Å²) in [6.45, 7) is 22.4. The highest BCUT2D eigenvalue weighted by molar-refractivity contribution is 7.00. The standard InChI is InChI=1S/C38H43BN2/c1-36(2,3)24-15-17-29-31(21-24)41(26-13-11-10-12-14-26)33-23-25(37(4,5)6)22-32-34(33)39(29)30-18-16-28(38(7,8)9)27-19-20-40(32)35(27)30/h10-18,21-23H,19-20H2,1-9H3. The van der Waals surface area contributed by atoms with Gasteiger partial charge in [-0.25, -0.2) is 0 Å². The Morgan fingerprint density at radius 3 is 1.90 bits per heavy atom. The van der Waals surface area contributed by atoms with Crippen LogP contribution in [0, 0.1) is 0 Å². The molecule has 0 saturated carbocycles. The third-order valence-electron chi connectivity index (χ3n) is 9.57. The molecular formula is C38H43BN2. The van der Waals surface area contributed by atoms with E-state index in [1.807, 2.05) is 0 Å². The van der Waals surface area contributed by atoms with Gasteiger partial charge in [0.2, 0.25) is 0 Å². The molecule has 3 aliphatic heterocycles. The molecule has 0 N–H and O–H groups in total. The largest absolute Gasteiger partial charge is 0.342 e. The lowest BCUT2D eigenvalue weighted by Crippen LogP contribution is -2.61. The molecule has 3 aliphatic rings. The smallest absolute Gasteiger partial charge is 0.252 e. The normalized spacial score (nSPS) is 15.6. The van der Waals surface area contributed by atoms with Gasteiger partial charge in [-0.1, -0.05) is 105 Å². The van der Waals surface area contributed by atoms with Gasteiger partial charge >= 0.3 is 0 Å². The molecule has 0 saturated heterocycles. The Bertz CT molecular complexity index is 1700. The highest BCUT2D eigenvalue weighted by atomic mass is 15.2. The van der Waals surface area contributed by atoms with Gasteiger partial charge in [0.05, 0.1) is 0 Å². The van der Waals surface area contributed by atoms with Crippen LogP contribution in [0.25, 0.3) is 0 Å². The monoisotopic (exact) mass is 538 g/mol. The molecule has 0 fully saturated rings. The van der Waals surface area contributed by atoms with Gasteiger partial charge in [0.1, 0.15) is 0 Å². The first-order valence-electron chi connectivity index (χ1n) is 15.4. The average Bonchev–Trinajstić information content (AvgIpc) is 3.34. The summed E-state index contributed by atoms with van der Waals surface area (Å²) in [5.41, 5.74) is 17.1. The molecule has 41 heavy (non-hydrogen) atoms. The minimum atomic E-state index is 0.0347. The molecule has 0 aliphatic carbocycles. The molecule has 0 atom stereocenters. The van der Waals surface area contributed by atoms with E-state index in [1.165, 1.54) is 61.5 Å². The van der Waals surface area contributed by atoms with Crippen LogP contribution in [-0.4, -0.2) is 13.3 Å². The van der Waals surface area contributed by atoms with Gasteiger partial charge in [0.25, 0.3) is 6.71 Å². The van der Waals surface area contributed by atoms with E-state index in [9.17, 15) is 0 Å². The van der Waals surface area contributed by atoms with Gasteiger partial charge in [-0.2, -0.15) is 0 Å². The molecule has 4 aromatic rings. The summed E-state index contributed by atoms with van der Waals surface area (Å²) in [7, 11) is 0. The number of fused-ring (bicyclic) bond motifs is 4. The van der Waals surface area contributed by atoms with Gasteiger partial charge < -0.3 is 9.80 Å². The first kappa shape index (κ1) is 26.4. The Kier molecular flexibility index (Phi) is 5.51. The minimum Gasteiger partial charge on any atom is -0.342 e. The van der Waals surface area contributed by atoms with Gasteiger partial charge in [-0.3, -0.25) is 0 Å². The van der Waals surface area contributed by atoms with Crippen molar-refractivity contribution < 1.29 is 0 Å². The Hall–Kier alpha value is -3.46. The van der Waals surface area contributed by atoms with Crippen molar-refractivity contribution in [3.8, 4) is 0 Å². The van der Waals surface area contributed by atoms with E-state index in [-0.39, 0.29) is 23.0 Å². The molecule has 0 unspecified atom stereocenters. The Labute approximate surface area is 247 Å². The fourth-order valence-corrected chi connectivity index (χ4v) is 7.41. The molecule has 3 heterocycles. The van der Waals surface area contributed by atoms with Crippen molar-refractivity contribution in [2.45, 2.75) is 85.0 Å². The summed E-state index contributed by atoms with van der Waals surface area (Å²) in [6.07, 6.45) is 1.11. The first-order valence-corrected chi connectivity index (χ1v) is 15.4. The second-order valence-electron chi connectivity index (χ2n) is 15.5. The summed E-state index contributed by atoms with van der Waals surface area (Å²) < 4.78 is 0. The maximum absolute atomic E-state index is 2.67. The van der Waals surface area contributed by atoms with Crippen LogP contribution in [0.3, 0.4) is 0 Å². The molecule has 4 aromatic carbocycles. The summed E-state index contributed by atoms with van der Waals surface area (Å²) in [6, 6.07) is 28.2. The van der Waals surface area contributed by atoms with Crippen LogP contribution in [-0.2, 0) is 22.7 Å². The summed E-state index contributed by atoms with van der Waals surface area (Å²) >= 11 is 0. The van der Waals surface area contributed by atoms with Crippen molar-refractivity contribution >= 4 is 51.5 Å². The zero-order chi connectivity index (χ0) is 29.1. The second kappa shape index (κ2) is 8.54. The zero-order valence-corrected chi connectivity index (χ0v) is 26.3. The van der Waals surface area contributed by atoms with Crippen LogP contribution in [0.5, 0.6) is 0 Å². The fraction of sp³-hybridized carbons (Fsp3) is 0.368. The van der Waals surface area contributed by atoms with Crippen molar-refractivity contribution in [2.24, 2.45) is 0 Å². The molecular weight excluding hydrogens is 495 g/mol. The van der Waals surface area contributed by atoms with Crippen molar-refractivity contribution in [1.82, 2.24) is 0 Å². The molecule has 0 bridgehead atoms. The Morgan fingerprint density at radius 2 is 1.24 bits per heavy atom. The Morgan fingerprint density at radius 1 is 0.610 bits per heavy atom. The molecule has 0 radical (unpaired) electrons. The van der Waals surface area contributed by atoms with Crippen LogP contribution in [0.15, 0.2) is 72.8 Å². The molecule has 208 valence electrons. The first-order chi connectivity index (χ1) is 19.2.